The van der Waals surface area contributed by atoms with Crippen molar-refractivity contribution in [2.24, 2.45) is 0 Å². The van der Waals surface area contributed by atoms with Crippen LogP contribution in [-0.2, 0) is 6.54 Å². The first-order chi connectivity index (χ1) is 9.15. The SMILES string of the molecule is CN(C)CCNCc1ccc(-c2ccc(F)cc2)o1. The van der Waals surface area contributed by atoms with Crippen molar-refractivity contribution in [2.45, 2.75) is 6.54 Å². The van der Waals surface area contributed by atoms with Gasteiger partial charge in [-0.2, -0.15) is 0 Å². The fourth-order valence-corrected chi connectivity index (χ4v) is 1.76. The van der Waals surface area contributed by atoms with Crippen molar-refractivity contribution in [2.75, 3.05) is 27.2 Å². The molecule has 1 aromatic carbocycles. The van der Waals surface area contributed by atoms with E-state index in [4.69, 9.17) is 4.42 Å². The second-order valence-corrected chi connectivity index (χ2v) is 4.75. The zero-order valence-electron chi connectivity index (χ0n) is 11.3. The number of benzene rings is 1. The summed E-state index contributed by atoms with van der Waals surface area (Å²) in [5, 5.41) is 3.31. The van der Waals surface area contributed by atoms with E-state index in [-0.39, 0.29) is 5.82 Å². The molecule has 2 aromatic rings. The predicted octanol–water partition coefficient (Wildman–Crippen LogP) is 2.74. The molecule has 1 N–H and O–H groups in total. The lowest BCUT2D eigenvalue weighted by Gasteiger charge is -2.09. The Morgan fingerprint density at radius 2 is 1.84 bits per heavy atom. The van der Waals surface area contributed by atoms with E-state index < -0.39 is 0 Å². The summed E-state index contributed by atoms with van der Waals surface area (Å²) in [4.78, 5) is 2.12. The van der Waals surface area contributed by atoms with Gasteiger partial charge in [0.2, 0.25) is 0 Å². The van der Waals surface area contributed by atoms with Gasteiger partial charge in [0.25, 0.3) is 0 Å². The molecule has 0 aliphatic carbocycles. The highest BCUT2D eigenvalue weighted by molar-refractivity contribution is 5.57. The highest BCUT2D eigenvalue weighted by Gasteiger charge is 2.04. The van der Waals surface area contributed by atoms with E-state index in [1.807, 2.05) is 26.2 Å². The number of hydrogen-bond acceptors (Lipinski definition) is 3. The van der Waals surface area contributed by atoms with Crippen LogP contribution in [0.25, 0.3) is 11.3 Å². The van der Waals surface area contributed by atoms with Gasteiger partial charge in [0.05, 0.1) is 6.54 Å². The van der Waals surface area contributed by atoms with Crippen LogP contribution in [0.4, 0.5) is 4.39 Å². The maximum absolute atomic E-state index is 12.8. The summed E-state index contributed by atoms with van der Waals surface area (Å²) < 4.78 is 18.6. The van der Waals surface area contributed by atoms with Gasteiger partial charge in [0.1, 0.15) is 17.3 Å². The van der Waals surface area contributed by atoms with Gasteiger partial charge in [0, 0.05) is 18.7 Å². The predicted molar refractivity (Wildman–Crippen MR) is 74.4 cm³/mol. The van der Waals surface area contributed by atoms with Crippen LogP contribution in [0.15, 0.2) is 40.8 Å². The van der Waals surface area contributed by atoms with Crippen LogP contribution >= 0.6 is 0 Å². The minimum absolute atomic E-state index is 0.235. The highest BCUT2D eigenvalue weighted by Crippen LogP contribution is 2.22. The molecule has 0 fully saturated rings. The summed E-state index contributed by atoms with van der Waals surface area (Å²) >= 11 is 0. The Morgan fingerprint density at radius 3 is 2.53 bits per heavy atom. The molecule has 0 spiro atoms. The van der Waals surface area contributed by atoms with Gasteiger partial charge in [-0.05, 0) is 50.5 Å². The molecule has 0 aliphatic heterocycles. The lowest BCUT2D eigenvalue weighted by atomic mass is 10.2. The van der Waals surface area contributed by atoms with Crippen molar-refractivity contribution < 1.29 is 8.81 Å². The molecule has 3 nitrogen and oxygen atoms in total. The lowest BCUT2D eigenvalue weighted by Crippen LogP contribution is -2.25. The summed E-state index contributed by atoms with van der Waals surface area (Å²) in [6.07, 6.45) is 0. The van der Waals surface area contributed by atoms with E-state index in [0.717, 1.165) is 30.2 Å². The molecular weight excluding hydrogens is 243 g/mol. The van der Waals surface area contributed by atoms with Crippen LogP contribution in [0.1, 0.15) is 5.76 Å². The van der Waals surface area contributed by atoms with Crippen molar-refractivity contribution in [3.05, 3.63) is 48.0 Å². The molecule has 1 heterocycles. The molecule has 4 heteroatoms. The largest absolute Gasteiger partial charge is 0.460 e. The summed E-state index contributed by atoms with van der Waals surface area (Å²) in [5.41, 5.74) is 0.890. The number of halogens is 1. The van der Waals surface area contributed by atoms with Crippen LogP contribution in [0.5, 0.6) is 0 Å². The van der Waals surface area contributed by atoms with E-state index in [9.17, 15) is 4.39 Å². The molecule has 0 radical (unpaired) electrons. The van der Waals surface area contributed by atoms with Crippen LogP contribution < -0.4 is 5.32 Å². The van der Waals surface area contributed by atoms with Gasteiger partial charge in [-0.3, -0.25) is 0 Å². The molecule has 0 saturated carbocycles. The number of likely N-dealkylation sites (N-methyl/N-ethyl adjacent to an activating group) is 1. The summed E-state index contributed by atoms with van der Waals surface area (Å²) in [5.74, 6) is 1.42. The molecule has 0 aliphatic rings. The smallest absolute Gasteiger partial charge is 0.134 e. The molecule has 0 saturated heterocycles. The van der Waals surface area contributed by atoms with Gasteiger partial charge in [-0.25, -0.2) is 4.39 Å². The van der Waals surface area contributed by atoms with Crippen molar-refractivity contribution in [1.29, 1.82) is 0 Å². The first kappa shape index (κ1) is 13.8. The van der Waals surface area contributed by atoms with E-state index in [0.29, 0.717) is 6.54 Å². The van der Waals surface area contributed by atoms with Crippen molar-refractivity contribution >= 4 is 0 Å². The van der Waals surface area contributed by atoms with Gasteiger partial charge in [-0.1, -0.05) is 0 Å². The average Bonchev–Trinajstić information content (AvgIpc) is 2.84. The molecule has 0 amide bonds. The quantitative estimate of drug-likeness (QED) is 0.811. The van der Waals surface area contributed by atoms with Crippen molar-refractivity contribution in [3.63, 3.8) is 0 Å². The summed E-state index contributed by atoms with van der Waals surface area (Å²) in [6.45, 7) is 2.61. The molecule has 2 rings (SSSR count). The molecule has 102 valence electrons. The normalized spacial score (nSPS) is 11.2. The average molecular weight is 262 g/mol. The van der Waals surface area contributed by atoms with Gasteiger partial charge in [-0.15, -0.1) is 0 Å². The third-order valence-corrected chi connectivity index (χ3v) is 2.83. The number of furan rings is 1. The van der Waals surface area contributed by atoms with Crippen molar-refractivity contribution in [1.82, 2.24) is 10.2 Å². The third-order valence-electron chi connectivity index (χ3n) is 2.83. The van der Waals surface area contributed by atoms with E-state index in [2.05, 4.69) is 10.2 Å². The van der Waals surface area contributed by atoms with Crippen LogP contribution in [0, 0.1) is 5.82 Å². The topological polar surface area (TPSA) is 28.4 Å². The molecule has 0 atom stereocenters. The summed E-state index contributed by atoms with van der Waals surface area (Å²) in [6, 6.07) is 10.2. The molecule has 0 bridgehead atoms. The zero-order valence-corrected chi connectivity index (χ0v) is 11.3. The molecule has 0 unspecified atom stereocenters. The Bertz CT molecular complexity index is 505. The van der Waals surface area contributed by atoms with Crippen LogP contribution in [0.3, 0.4) is 0 Å². The van der Waals surface area contributed by atoms with Gasteiger partial charge >= 0.3 is 0 Å². The molecule has 1 aromatic heterocycles. The minimum atomic E-state index is -0.235. The summed E-state index contributed by atoms with van der Waals surface area (Å²) in [7, 11) is 4.09. The van der Waals surface area contributed by atoms with Crippen LogP contribution in [-0.4, -0.2) is 32.1 Å². The van der Waals surface area contributed by atoms with E-state index in [1.165, 1.54) is 12.1 Å². The Kier molecular flexibility index (Phi) is 4.71. The monoisotopic (exact) mass is 262 g/mol. The standard InChI is InChI=1S/C15H19FN2O/c1-18(2)10-9-17-11-14-7-8-15(19-14)12-3-5-13(16)6-4-12/h3-8,17H,9-11H2,1-2H3. The molecular formula is C15H19FN2O. The van der Waals surface area contributed by atoms with Gasteiger partial charge in [0.15, 0.2) is 0 Å². The fraction of sp³-hybridized carbons (Fsp3) is 0.333. The number of rotatable bonds is 6. The Balaban J connectivity index is 1.90. The Morgan fingerprint density at radius 1 is 1.11 bits per heavy atom. The maximum atomic E-state index is 12.8. The van der Waals surface area contributed by atoms with Crippen LogP contribution in [0.2, 0.25) is 0 Å². The maximum Gasteiger partial charge on any atom is 0.134 e. The van der Waals surface area contributed by atoms with E-state index in [1.54, 1.807) is 12.1 Å². The Hall–Kier alpha value is -1.65. The zero-order chi connectivity index (χ0) is 13.7. The minimum Gasteiger partial charge on any atom is -0.460 e. The first-order valence-electron chi connectivity index (χ1n) is 6.35. The molecule has 19 heavy (non-hydrogen) atoms. The second-order valence-electron chi connectivity index (χ2n) is 4.75. The second kappa shape index (κ2) is 6.50. The lowest BCUT2D eigenvalue weighted by molar-refractivity contribution is 0.392. The number of hydrogen-bond donors (Lipinski definition) is 1. The number of nitrogens with zero attached hydrogens (tertiary/aromatic N) is 1. The van der Waals surface area contributed by atoms with E-state index >= 15 is 0 Å². The first-order valence-corrected chi connectivity index (χ1v) is 6.35. The van der Waals surface area contributed by atoms with Crippen molar-refractivity contribution in [3.8, 4) is 11.3 Å². The Labute approximate surface area is 113 Å². The third kappa shape index (κ3) is 4.19. The number of nitrogens with one attached hydrogen (secondary N) is 1. The van der Waals surface area contributed by atoms with Gasteiger partial charge < -0.3 is 14.6 Å². The fourth-order valence-electron chi connectivity index (χ4n) is 1.76. The highest BCUT2D eigenvalue weighted by atomic mass is 19.1.